The van der Waals surface area contributed by atoms with Gasteiger partial charge in [-0.15, -0.1) is 0 Å². The fourth-order valence-electron chi connectivity index (χ4n) is 2.06. The first-order valence-electron chi connectivity index (χ1n) is 6.08. The maximum absolute atomic E-state index is 11.6. The Morgan fingerprint density at radius 1 is 1.56 bits per heavy atom. The number of amides is 1. The molecule has 0 aromatic rings. The lowest BCUT2D eigenvalue weighted by molar-refractivity contribution is -0.128. The van der Waals surface area contributed by atoms with Gasteiger partial charge in [0, 0.05) is 12.6 Å². The maximum Gasteiger partial charge on any atom is 0.246 e. The number of nitrogens with zero attached hydrogens (tertiary/aromatic N) is 1. The van der Waals surface area contributed by atoms with Gasteiger partial charge in [-0.3, -0.25) is 4.79 Å². The smallest absolute Gasteiger partial charge is 0.246 e. The lowest BCUT2D eigenvalue weighted by Crippen LogP contribution is -2.49. The molecule has 0 saturated carbocycles. The van der Waals surface area contributed by atoms with Gasteiger partial charge in [-0.05, 0) is 39.8 Å². The van der Waals surface area contributed by atoms with Crippen molar-refractivity contribution in [3.8, 4) is 0 Å². The molecular formula is C12H24N2O2. The molecule has 1 rings (SSSR count). The van der Waals surface area contributed by atoms with Crippen molar-refractivity contribution in [1.29, 1.82) is 0 Å². The minimum atomic E-state index is 0.00935. The van der Waals surface area contributed by atoms with Crippen LogP contribution in [0, 0.1) is 5.92 Å². The van der Waals surface area contributed by atoms with E-state index in [4.69, 9.17) is 4.74 Å². The number of carbonyl (C=O) groups excluding carboxylic acids is 1. The van der Waals surface area contributed by atoms with E-state index in [2.05, 4.69) is 24.2 Å². The molecule has 16 heavy (non-hydrogen) atoms. The zero-order chi connectivity index (χ0) is 12.1. The van der Waals surface area contributed by atoms with Gasteiger partial charge in [0.1, 0.15) is 6.61 Å². The summed E-state index contributed by atoms with van der Waals surface area (Å²) < 4.78 is 5.28. The second-order valence-corrected chi connectivity index (χ2v) is 5.06. The van der Waals surface area contributed by atoms with Crippen LogP contribution < -0.4 is 5.32 Å². The van der Waals surface area contributed by atoms with Crippen molar-refractivity contribution in [3.63, 3.8) is 0 Å². The number of ether oxygens (including phenoxy) is 1. The van der Waals surface area contributed by atoms with Crippen molar-refractivity contribution < 1.29 is 9.53 Å². The molecule has 0 aliphatic carbocycles. The molecule has 0 radical (unpaired) electrons. The zero-order valence-electron chi connectivity index (χ0n) is 10.8. The molecule has 0 bridgehead atoms. The van der Waals surface area contributed by atoms with Crippen LogP contribution in [0.25, 0.3) is 0 Å². The number of piperidine rings is 1. The van der Waals surface area contributed by atoms with E-state index in [1.807, 2.05) is 13.8 Å². The molecule has 94 valence electrons. The molecule has 1 fully saturated rings. The summed E-state index contributed by atoms with van der Waals surface area (Å²) in [6.07, 6.45) is 1.14. The summed E-state index contributed by atoms with van der Waals surface area (Å²) in [5.74, 6) is 0.525. The maximum atomic E-state index is 11.6. The monoisotopic (exact) mass is 228 g/mol. The first-order chi connectivity index (χ1) is 7.49. The zero-order valence-corrected chi connectivity index (χ0v) is 10.8. The van der Waals surface area contributed by atoms with E-state index >= 15 is 0 Å². The van der Waals surface area contributed by atoms with Gasteiger partial charge in [-0.25, -0.2) is 0 Å². The van der Waals surface area contributed by atoms with E-state index in [1.165, 1.54) is 0 Å². The lowest BCUT2D eigenvalue weighted by atomic mass is 9.94. The summed E-state index contributed by atoms with van der Waals surface area (Å²) in [5.41, 5.74) is 0. The number of rotatable bonds is 4. The summed E-state index contributed by atoms with van der Waals surface area (Å²) in [6.45, 7) is 8.34. The van der Waals surface area contributed by atoms with E-state index in [9.17, 15) is 4.79 Å². The van der Waals surface area contributed by atoms with E-state index in [0.717, 1.165) is 19.5 Å². The molecule has 4 heteroatoms. The molecule has 0 spiro atoms. The van der Waals surface area contributed by atoms with Gasteiger partial charge in [0.25, 0.3) is 0 Å². The number of hydrogen-bond acceptors (Lipinski definition) is 3. The lowest BCUT2D eigenvalue weighted by Gasteiger charge is -2.35. The number of hydrogen-bond donors (Lipinski definition) is 1. The quantitative estimate of drug-likeness (QED) is 0.776. The highest BCUT2D eigenvalue weighted by molar-refractivity contribution is 5.77. The SMILES string of the molecule is CC(C)OCC(=O)NC1CCN(C)CC1C. The number of nitrogens with one attached hydrogen (secondary N) is 1. The van der Waals surface area contributed by atoms with Gasteiger partial charge in [-0.2, -0.15) is 0 Å². The molecule has 1 aliphatic heterocycles. The van der Waals surface area contributed by atoms with Crippen LogP contribution >= 0.6 is 0 Å². The third kappa shape index (κ3) is 4.49. The molecule has 1 amide bonds. The molecule has 1 heterocycles. The van der Waals surface area contributed by atoms with Gasteiger partial charge < -0.3 is 15.0 Å². The molecule has 2 atom stereocenters. The average molecular weight is 228 g/mol. The third-order valence-corrected chi connectivity index (χ3v) is 3.00. The normalized spacial score (nSPS) is 27.1. The third-order valence-electron chi connectivity index (χ3n) is 3.00. The van der Waals surface area contributed by atoms with Gasteiger partial charge in [0.15, 0.2) is 0 Å². The Morgan fingerprint density at radius 2 is 2.25 bits per heavy atom. The summed E-state index contributed by atoms with van der Waals surface area (Å²) >= 11 is 0. The Bertz CT molecular complexity index is 231. The van der Waals surface area contributed by atoms with E-state index in [1.54, 1.807) is 0 Å². The fraction of sp³-hybridized carbons (Fsp3) is 0.917. The highest BCUT2D eigenvalue weighted by atomic mass is 16.5. The molecule has 0 aromatic heterocycles. The number of carbonyl (C=O) groups is 1. The van der Waals surface area contributed by atoms with Gasteiger partial charge in [0.05, 0.1) is 6.10 Å². The molecule has 1 aliphatic rings. The topological polar surface area (TPSA) is 41.6 Å². The van der Waals surface area contributed by atoms with Crippen molar-refractivity contribution in [3.05, 3.63) is 0 Å². The van der Waals surface area contributed by atoms with Gasteiger partial charge >= 0.3 is 0 Å². The standard InChI is InChI=1S/C12H24N2O2/c1-9(2)16-8-12(15)13-11-5-6-14(4)7-10(11)3/h9-11H,5-8H2,1-4H3,(H,13,15). The first kappa shape index (κ1) is 13.5. The second-order valence-electron chi connectivity index (χ2n) is 5.06. The first-order valence-corrected chi connectivity index (χ1v) is 6.08. The summed E-state index contributed by atoms with van der Waals surface area (Å²) in [4.78, 5) is 13.9. The second kappa shape index (κ2) is 6.21. The predicted molar refractivity (Wildman–Crippen MR) is 64.3 cm³/mol. The molecule has 1 N–H and O–H groups in total. The Balaban J connectivity index is 2.28. The van der Waals surface area contributed by atoms with Crippen LogP contribution in [0.1, 0.15) is 27.2 Å². The minimum Gasteiger partial charge on any atom is -0.369 e. The Morgan fingerprint density at radius 3 is 2.81 bits per heavy atom. The molecule has 2 unspecified atom stereocenters. The van der Waals surface area contributed by atoms with Crippen LogP contribution in [0.2, 0.25) is 0 Å². The van der Waals surface area contributed by atoms with Crippen molar-refractivity contribution in [2.45, 2.75) is 39.3 Å². The Hall–Kier alpha value is -0.610. The fourth-order valence-corrected chi connectivity index (χ4v) is 2.06. The Labute approximate surface area is 98.3 Å². The van der Waals surface area contributed by atoms with Gasteiger partial charge in [-0.1, -0.05) is 6.92 Å². The average Bonchev–Trinajstić information content (AvgIpc) is 2.19. The van der Waals surface area contributed by atoms with Crippen LogP contribution in [0.5, 0.6) is 0 Å². The van der Waals surface area contributed by atoms with Crippen molar-refractivity contribution in [1.82, 2.24) is 10.2 Å². The molecular weight excluding hydrogens is 204 g/mol. The summed E-state index contributed by atoms with van der Waals surface area (Å²) in [6, 6.07) is 0.305. The van der Waals surface area contributed by atoms with E-state index < -0.39 is 0 Å². The van der Waals surface area contributed by atoms with Crippen molar-refractivity contribution in [2.24, 2.45) is 5.92 Å². The minimum absolute atomic E-state index is 0.00935. The van der Waals surface area contributed by atoms with Gasteiger partial charge in [0.2, 0.25) is 5.91 Å². The highest BCUT2D eigenvalue weighted by Crippen LogP contribution is 2.15. The molecule has 0 aromatic carbocycles. The van der Waals surface area contributed by atoms with Crippen LogP contribution in [-0.2, 0) is 9.53 Å². The van der Waals surface area contributed by atoms with E-state index in [0.29, 0.717) is 12.0 Å². The molecule has 4 nitrogen and oxygen atoms in total. The summed E-state index contributed by atoms with van der Waals surface area (Å²) in [5, 5.41) is 3.05. The largest absolute Gasteiger partial charge is 0.369 e. The summed E-state index contributed by atoms with van der Waals surface area (Å²) in [7, 11) is 2.12. The van der Waals surface area contributed by atoms with Crippen LogP contribution in [-0.4, -0.2) is 49.7 Å². The highest BCUT2D eigenvalue weighted by Gasteiger charge is 2.25. The van der Waals surface area contributed by atoms with Crippen LogP contribution in [0.4, 0.5) is 0 Å². The van der Waals surface area contributed by atoms with Crippen LogP contribution in [0.15, 0.2) is 0 Å². The number of likely N-dealkylation sites (tertiary alicyclic amines) is 1. The Kier molecular flexibility index (Phi) is 5.22. The van der Waals surface area contributed by atoms with Crippen molar-refractivity contribution in [2.75, 3.05) is 26.7 Å². The van der Waals surface area contributed by atoms with Crippen LogP contribution in [0.3, 0.4) is 0 Å². The van der Waals surface area contributed by atoms with Crippen molar-refractivity contribution >= 4 is 5.91 Å². The molecule has 1 saturated heterocycles. The predicted octanol–water partition coefficient (Wildman–Crippen LogP) is 0.868. The van der Waals surface area contributed by atoms with E-state index in [-0.39, 0.29) is 18.6 Å².